The van der Waals surface area contributed by atoms with E-state index < -0.39 is 53.2 Å². The number of amides is 4. The van der Waals surface area contributed by atoms with E-state index in [1.54, 1.807) is 30.3 Å². The highest BCUT2D eigenvalue weighted by Gasteiger charge is 2.39. The lowest BCUT2D eigenvalue weighted by molar-refractivity contribution is -0.141. The molecule has 1 saturated carbocycles. The summed E-state index contributed by atoms with van der Waals surface area (Å²) >= 11 is 12.4. The standard InChI is InChI=1S/C34H42Cl2N4O6/c1-19(2)16-27(31(43)39-26(17-21-14-15-37-30(21)42)28(41)32(44)38-25-12-13-25)40-33(45)46-29(20-8-10-23(35)11-9-20)34(3,4)22-6-5-7-24(36)18-22/h5-11,18-19,21,25-27,29H,12-17H2,1-4H3,(H,37,42)(H,38,44)(H,39,43)(H,40,45)/t21-,26?,27?,29?/m0/s1. The summed E-state index contributed by atoms with van der Waals surface area (Å²) in [5, 5.41) is 11.8. The van der Waals surface area contributed by atoms with Gasteiger partial charge in [0.05, 0.1) is 6.04 Å². The summed E-state index contributed by atoms with van der Waals surface area (Å²) in [4.78, 5) is 65.5. The highest BCUT2D eigenvalue weighted by Crippen LogP contribution is 2.40. The molecule has 4 N–H and O–H groups in total. The number of hydrogen-bond donors (Lipinski definition) is 4. The number of carbonyl (C=O) groups excluding carboxylic acids is 5. The minimum absolute atomic E-state index is 0.0280. The lowest BCUT2D eigenvalue weighted by Crippen LogP contribution is -2.55. The predicted molar refractivity (Wildman–Crippen MR) is 175 cm³/mol. The summed E-state index contributed by atoms with van der Waals surface area (Å²) in [6.45, 7) is 8.08. The predicted octanol–water partition coefficient (Wildman–Crippen LogP) is 5.01. The number of rotatable bonds is 14. The summed E-state index contributed by atoms with van der Waals surface area (Å²) in [6, 6.07) is 11.8. The zero-order valence-corrected chi connectivity index (χ0v) is 28.0. The van der Waals surface area contributed by atoms with Gasteiger partial charge in [-0.1, -0.05) is 75.2 Å². The Morgan fingerprint density at radius 3 is 2.24 bits per heavy atom. The zero-order valence-electron chi connectivity index (χ0n) is 26.5. The molecule has 248 valence electrons. The molecule has 4 atom stereocenters. The molecule has 0 aromatic heterocycles. The van der Waals surface area contributed by atoms with Crippen molar-refractivity contribution >= 4 is 52.8 Å². The van der Waals surface area contributed by atoms with Crippen LogP contribution in [0.15, 0.2) is 48.5 Å². The summed E-state index contributed by atoms with van der Waals surface area (Å²) < 4.78 is 6.06. The number of nitrogens with one attached hydrogen (secondary N) is 4. The van der Waals surface area contributed by atoms with E-state index in [0.717, 1.165) is 18.4 Å². The van der Waals surface area contributed by atoms with Crippen molar-refractivity contribution in [3.05, 3.63) is 69.7 Å². The second kappa shape index (κ2) is 15.3. The van der Waals surface area contributed by atoms with Crippen LogP contribution in [-0.4, -0.2) is 54.3 Å². The van der Waals surface area contributed by atoms with Crippen molar-refractivity contribution in [2.45, 2.75) is 89.4 Å². The fraction of sp³-hybridized carbons (Fsp3) is 0.500. The number of ketones is 1. The number of ether oxygens (including phenoxy) is 1. The molecule has 0 radical (unpaired) electrons. The van der Waals surface area contributed by atoms with E-state index in [4.69, 9.17) is 27.9 Å². The lowest BCUT2D eigenvalue weighted by Gasteiger charge is -2.35. The molecule has 1 aliphatic carbocycles. The molecule has 2 aliphatic rings. The van der Waals surface area contributed by atoms with Crippen molar-refractivity contribution in [2.75, 3.05) is 6.54 Å². The molecule has 1 aliphatic heterocycles. The Hall–Kier alpha value is -3.63. The fourth-order valence-electron chi connectivity index (χ4n) is 5.60. The van der Waals surface area contributed by atoms with Gasteiger partial charge in [0.1, 0.15) is 12.1 Å². The van der Waals surface area contributed by atoms with E-state index >= 15 is 0 Å². The molecule has 3 unspecified atom stereocenters. The van der Waals surface area contributed by atoms with Gasteiger partial charge in [0, 0.05) is 34.0 Å². The summed E-state index contributed by atoms with van der Waals surface area (Å²) in [5.41, 5.74) is 0.739. The number of alkyl carbamates (subject to hydrolysis) is 1. The highest BCUT2D eigenvalue weighted by atomic mass is 35.5. The minimum Gasteiger partial charge on any atom is -0.440 e. The Labute approximate surface area is 279 Å². The van der Waals surface area contributed by atoms with Crippen LogP contribution in [0.25, 0.3) is 0 Å². The van der Waals surface area contributed by atoms with E-state index in [1.807, 2.05) is 45.9 Å². The highest BCUT2D eigenvalue weighted by molar-refractivity contribution is 6.38. The van der Waals surface area contributed by atoms with Gasteiger partial charge in [-0.2, -0.15) is 0 Å². The first-order valence-corrected chi connectivity index (χ1v) is 16.4. The van der Waals surface area contributed by atoms with Crippen LogP contribution in [0.5, 0.6) is 0 Å². The Morgan fingerprint density at radius 2 is 1.65 bits per heavy atom. The van der Waals surface area contributed by atoms with Gasteiger partial charge < -0.3 is 26.0 Å². The minimum atomic E-state index is -1.24. The zero-order chi connectivity index (χ0) is 33.6. The molecule has 0 spiro atoms. The number of carbonyl (C=O) groups is 5. The second-order valence-corrected chi connectivity index (χ2v) is 14.0. The maximum absolute atomic E-state index is 13.7. The Balaban J connectivity index is 1.54. The number of hydrogen-bond acceptors (Lipinski definition) is 6. The van der Waals surface area contributed by atoms with Crippen LogP contribution in [0.4, 0.5) is 4.79 Å². The van der Waals surface area contributed by atoms with Gasteiger partial charge in [-0.25, -0.2) is 4.79 Å². The Kier molecular flexibility index (Phi) is 11.7. The van der Waals surface area contributed by atoms with Crippen molar-refractivity contribution in [3.8, 4) is 0 Å². The van der Waals surface area contributed by atoms with E-state index in [0.29, 0.717) is 28.6 Å². The van der Waals surface area contributed by atoms with Crippen molar-refractivity contribution in [3.63, 3.8) is 0 Å². The van der Waals surface area contributed by atoms with E-state index in [2.05, 4.69) is 21.3 Å². The lowest BCUT2D eigenvalue weighted by atomic mass is 9.76. The third-order valence-electron chi connectivity index (χ3n) is 8.39. The van der Waals surface area contributed by atoms with Gasteiger partial charge in [-0.3, -0.25) is 19.2 Å². The number of benzene rings is 2. The first kappa shape index (κ1) is 35.2. The molecule has 2 fully saturated rings. The SMILES string of the molecule is CC(C)CC(NC(=O)OC(c1ccc(Cl)cc1)C(C)(C)c1cccc(Cl)c1)C(=O)NC(C[C@@H]1CCNC1=O)C(=O)C(=O)NC1CC1. The molecule has 4 amide bonds. The fourth-order valence-corrected chi connectivity index (χ4v) is 5.91. The van der Waals surface area contributed by atoms with Crippen LogP contribution in [0.1, 0.15) is 77.0 Å². The normalized spacial score (nSPS) is 18.2. The smallest absolute Gasteiger partial charge is 0.408 e. The molecule has 12 heteroatoms. The molecule has 2 aromatic carbocycles. The molecular formula is C34H42Cl2N4O6. The molecular weight excluding hydrogens is 631 g/mol. The molecule has 1 saturated heterocycles. The summed E-state index contributed by atoms with van der Waals surface area (Å²) in [5.74, 6) is -3.06. The maximum atomic E-state index is 13.7. The monoisotopic (exact) mass is 672 g/mol. The quantitative estimate of drug-likeness (QED) is 0.208. The molecule has 46 heavy (non-hydrogen) atoms. The summed E-state index contributed by atoms with van der Waals surface area (Å²) in [6.07, 6.45) is 0.594. The molecule has 0 bridgehead atoms. The third-order valence-corrected chi connectivity index (χ3v) is 8.88. The van der Waals surface area contributed by atoms with E-state index in [1.165, 1.54) is 0 Å². The van der Waals surface area contributed by atoms with E-state index in [-0.39, 0.29) is 30.7 Å². The van der Waals surface area contributed by atoms with Crippen molar-refractivity contribution < 1.29 is 28.7 Å². The molecule has 10 nitrogen and oxygen atoms in total. The molecule has 2 aromatic rings. The molecule has 4 rings (SSSR count). The van der Waals surface area contributed by atoms with Gasteiger partial charge in [0.15, 0.2) is 0 Å². The van der Waals surface area contributed by atoms with Crippen molar-refractivity contribution in [1.29, 1.82) is 0 Å². The largest absolute Gasteiger partial charge is 0.440 e. The number of Topliss-reactive ketones (excluding diaryl/α,β-unsaturated/α-hetero) is 1. The van der Waals surface area contributed by atoms with Crippen LogP contribution in [-0.2, 0) is 29.3 Å². The Morgan fingerprint density at radius 1 is 0.957 bits per heavy atom. The van der Waals surface area contributed by atoms with Crippen LogP contribution >= 0.6 is 23.2 Å². The first-order valence-electron chi connectivity index (χ1n) is 15.7. The maximum Gasteiger partial charge on any atom is 0.408 e. The average molecular weight is 674 g/mol. The average Bonchev–Trinajstić information content (AvgIpc) is 3.73. The van der Waals surface area contributed by atoms with Gasteiger partial charge >= 0.3 is 6.09 Å². The molecule has 1 heterocycles. The van der Waals surface area contributed by atoms with Gasteiger partial charge in [-0.05, 0) is 73.4 Å². The van der Waals surface area contributed by atoms with E-state index in [9.17, 15) is 24.0 Å². The van der Waals surface area contributed by atoms with Crippen molar-refractivity contribution in [1.82, 2.24) is 21.3 Å². The topological polar surface area (TPSA) is 143 Å². The van der Waals surface area contributed by atoms with Crippen LogP contribution in [0, 0.1) is 11.8 Å². The summed E-state index contributed by atoms with van der Waals surface area (Å²) in [7, 11) is 0. The van der Waals surface area contributed by atoms with Crippen LogP contribution in [0.2, 0.25) is 10.0 Å². The van der Waals surface area contributed by atoms with Gasteiger partial charge in [0.25, 0.3) is 5.91 Å². The number of halogens is 2. The van der Waals surface area contributed by atoms with Gasteiger partial charge in [-0.15, -0.1) is 0 Å². The van der Waals surface area contributed by atoms with Crippen LogP contribution in [0.3, 0.4) is 0 Å². The second-order valence-electron chi connectivity index (χ2n) is 13.1. The van der Waals surface area contributed by atoms with Crippen LogP contribution < -0.4 is 21.3 Å². The van der Waals surface area contributed by atoms with Crippen molar-refractivity contribution in [2.24, 2.45) is 11.8 Å². The third kappa shape index (κ3) is 9.45. The Bertz CT molecular complexity index is 1440. The first-order chi connectivity index (χ1) is 21.7. The van der Waals surface area contributed by atoms with Gasteiger partial charge in [0.2, 0.25) is 17.6 Å².